The highest BCUT2D eigenvalue weighted by atomic mass is 19.4. The summed E-state index contributed by atoms with van der Waals surface area (Å²) in [6.45, 7) is 0.924. The highest BCUT2D eigenvalue weighted by molar-refractivity contribution is 6.61. The lowest BCUT2D eigenvalue weighted by molar-refractivity contribution is -0.274. The maximum absolute atomic E-state index is 12.2. The second-order valence-electron chi connectivity index (χ2n) is 5.55. The first-order valence-corrected chi connectivity index (χ1v) is 7.67. The third kappa shape index (κ3) is 4.75. The summed E-state index contributed by atoms with van der Waals surface area (Å²) < 4.78 is 56.8. The molecule has 0 aromatic heterocycles. The van der Waals surface area contributed by atoms with Gasteiger partial charge in [-0.15, -0.1) is 13.2 Å². The van der Waals surface area contributed by atoms with Crippen molar-refractivity contribution in [3.05, 3.63) is 48.5 Å². The topological polar surface area (TPSA) is 36.9 Å². The number of methoxy groups -OCH3 is 1. The van der Waals surface area contributed by atoms with Gasteiger partial charge in [0.15, 0.2) is 0 Å². The van der Waals surface area contributed by atoms with Crippen LogP contribution in [0.5, 0.6) is 5.75 Å². The molecule has 8 heteroatoms. The summed E-state index contributed by atoms with van der Waals surface area (Å²) in [4.78, 5) is 0. The van der Waals surface area contributed by atoms with Gasteiger partial charge in [-0.05, 0) is 28.7 Å². The Balaban J connectivity index is 1.66. The number of hydrogen-bond donors (Lipinski definition) is 0. The van der Waals surface area contributed by atoms with Crippen LogP contribution in [0.2, 0.25) is 0 Å². The lowest BCUT2D eigenvalue weighted by Gasteiger charge is -2.26. The monoisotopic (exact) mass is 352 g/mol. The standard InChI is InChI=1S/C17H16BF3O4/c1-22-16-10-23-18(24-11-16)14-6-2-12(3-7-14)13-4-8-15(9-5-13)25-17(19,20)21/h2-9,16H,10-11H2,1H3. The first kappa shape index (κ1) is 17.8. The first-order chi connectivity index (χ1) is 11.9. The van der Waals surface area contributed by atoms with E-state index in [-0.39, 0.29) is 11.9 Å². The van der Waals surface area contributed by atoms with Crippen molar-refractivity contribution in [1.82, 2.24) is 0 Å². The Morgan fingerprint density at radius 3 is 1.92 bits per heavy atom. The Kier molecular flexibility index (Phi) is 5.31. The number of benzene rings is 2. The van der Waals surface area contributed by atoms with Gasteiger partial charge in [0.2, 0.25) is 0 Å². The molecule has 1 saturated heterocycles. The van der Waals surface area contributed by atoms with E-state index >= 15 is 0 Å². The molecule has 0 spiro atoms. The van der Waals surface area contributed by atoms with Crippen LogP contribution in [-0.4, -0.2) is 39.9 Å². The van der Waals surface area contributed by atoms with Crippen molar-refractivity contribution in [2.45, 2.75) is 12.5 Å². The van der Waals surface area contributed by atoms with Gasteiger partial charge in [0.05, 0.1) is 13.2 Å². The van der Waals surface area contributed by atoms with Gasteiger partial charge >= 0.3 is 13.5 Å². The molecule has 2 aromatic rings. The molecule has 1 aliphatic heterocycles. The van der Waals surface area contributed by atoms with Crippen LogP contribution in [0.25, 0.3) is 11.1 Å². The molecule has 132 valence electrons. The molecule has 0 unspecified atom stereocenters. The smallest absolute Gasteiger partial charge is 0.406 e. The lowest BCUT2D eigenvalue weighted by atomic mass is 9.77. The van der Waals surface area contributed by atoms with Gasteiger partial charge in [-0.2, -0.15) is 0 Å². The van der Waals surface area contributed by atoms with Gasteiger partial charge < -0.3 is 18.8 Å². The second kappa shape index (κ2) is 7.47. The molecule has 2 aromatic carbocycles. The van der Waals surface area contributed by atoms with Crippen molar-refractivity contribution in [2.24, 2.45) is 0 Å². The molecule has 3 rings (SSSR count). The normalized spacial score (nSPS) is 16.1. The molecule has 1 aliphatic rings. The molecule has 0 radical (unpaired) electrons. The summed E-state index contributed by atoms with van der Waals surface area (Å²) in [5.41, 5.74) is 2.52. The van der Waals surface area contributed by atoms with Gasteiger partial charge in [0.1, 0.15) is 11.9 Å². The summed E-state index contributed by atoms with van der Waals surface area (Å²) >= 11 is 0. The second-order valence-corrected chi connectivity index (χ2v) is 5.55. The molecule has 0 atom stereocenters. The van der Waals surface area contributed by atoms with Crippen molar-refractivity contribution in [2.75, 3.05) is 20.3 Å². The molecule has 0 N–H and O–H groups in total. The summed E-state index contributed by atoms with van der Waals surface area (Å²) in [6, 6.07) is 13.2. The molecule has 1 fully saturated rings. The van der Waals surface area contributed by atoms with E-state index in [0.717, 1.165) is 16.6 Å². The number of rotatable bonds is 4. The van der Waals surface area contributed by atoms with Gasteiger partial charge in [-0.1, -0.05) is 36.4 Å². The first-order valence-electron chi connectivity index (χ1n) is 7.67. The van der Waals surface area contributed by atoms with Crippen molar-refractivity contribution < 1.29 is 32.0 Å². The highest BCUT2D eigenvalue weighted by Crippen LogP contribution is 2.26. The van der Waals surface area contributed by atoms with Crippen molar-refractivity contribution in [3.63, 3.8) is 0 Å². The zero-order chi connectivity index (χ0) is 17.9. The molecule has 25 heavy (non-hydrogen) atoms. The number of alkyl halides is 3. The van der Waals surface area contributed by atoms with E-state index in [2.05, 4.69) is 4.74 Å². The lowest BCUT2D eigenvalue weighted by Crippen LogP contribution is -2.46. The van der Waals surface area contributed by atoms with Crippen LogP contribution in [0, 0.1) is 0 Å². The molecule has 0 aliphatic carbocycles. The third-order valence-electron chi connectivity index (χ3n) is 3.80. The molecule has 0 bridgehead atoms. The Morgan fingerprint density at radius 2 is 1.44 bits per heavy atom. The largest absolute Gasteiger partial charge is 0.573 e. The molecule has 1 heterocycles. The average Bonchev–Trinajstić information content (AvgIpc) is 2.61. The number of halogens is 3. The van der Waals surface area contributed by atoms with Crippen LogP contribution in [0.3, 0.4) is 0 Å². The van der Waals surface area contributed by atoms with Crippen LogP contribution in [0.4, 0.5) is 13.2 Å². The summed E-state index contributed by atoms with van der Waals surface area (Å²) in [5, 5.41) is 0. The van der Waals surface area contributed by atoms with E-state index in [1.54, 1.807) is 19.2 Å². The highest BCUT2D eigenvalue weighted by Gasteiger charge is 2.31. The van der Waals surface area contributed by atoms with E-state index < -0.39 is 13.5 Å². The Labute approximate surface area is 143 Å². The molecular formula is C17H16BF3O4. The fraction of sp³-hybridized carbons (Fsp3) is 0.294. The van der Waals surface area contributed by atoms with Crippen molar-refractivity contribution >= 4 is 12.6 Å². The minimum Gasteiger partial charge on any atom is -0.406 e. The maximum Gasteiger partial charge on any atom is 0.573 e. The molecule has 0 saturated carbocycles. The van der Waals surface area contributed by atoms with Crippen LogP contribution in [-0.2, 0) is 14.0 Å². The summed E-state index contributed by atoms with van der Waals surface area (Å²) in [7, 11) is 1.17. The van der Waals surface area contributed by atoms with E-state index in [1.165, 1.54) is 12.1 Å². The summed E-state index contributed by atoms with van der Waals surface area (Å²) in [6.07, 6.45) is -4.75. The number of hydrogen-bond acceptors (Lipinski definition) is 4. The SMILES string of the molecule is COC1COB(c2ccc(-c3ccc(OC(F)(F)F)cc3)cc2)OC1. The van der Waals surface area contributed by atoms with Crippen LogP contribution in [0.1, 0.15) is 0 Å². The quantitative estimate of drug-likeness (QED) is 0.793. The molecule has 4 nitrogen and oxygen atoms in total. The fourth-order valence-electron chi connectivity index (χ4n) is 2.50. The van der Waals surface area contributed by atoms with Crippen molar-refractivity contribution in [3.8, 4) is 16.9 Å². The van der Waals surface area contributed by atoms with Crippen LogP contribution in [0.15, 0.2) is 48.5 Å². The van der Waals surface area contributed by atoms with E-state index in [1.807, 2.05) is 24.3 Å². The fourth-order valence-corrected chi connectivity index (χ4v) is 2.50. The van der Waals surface area contributed by atoms with Crippen molar-refractivity contribution in [1.29, 1.82) is 0 Å². The van der Waals surface area contributed by atoms with E-state index in [4.69, 9.17) is 14.0 Å². The summed E-state index contributed by atoms with van der Waals surface area (Å²) in [5.74, 6) is -0.246. The Morgan fingerprint density at radius 1 is 0.920 bits per heavy atom. The molecular weight excluding hydrogens is 336 g/mol. The number of ether oxygens (including phenoxy) is 2. The minimum atomic E-state index is -4.69. The predicted molar refractivity (Wildman–Crippen MR) is 86.7 cm³/mol. The minimum absolute atomic E-state index is 0.0621. The average molecular weight is 352 g/mol. The third-order valence-corrected chi connectivity index (χ3v) is 3.80. The Bertz CT molecular complexity index is 681. The van der Waals surface area contributed by atoms with Crippen LogP contribution < -0.4 is 10.2 Å². The van der Waals surface area contributed by atoms with Gasteiger partial charge in [0.25, 0.3) is 0 Å². The zero-order valence-corrected chi connectivity index (χ0v) is 13.5. The maximum atomic E-state index is 12.2. The van der Waals surface area contributed by atoms with Gasteiger partial charge in [0, 0.05) is 7.11 Å². The zero-order valence-electron chi connectivity index (χ0n) is 13.5. The molecule has 0 amide bonds. The van der Waals surface area contributed by atoms with Gasteiger partial charge in [-0.25, -0.2) is 0 Å². The predicted octanol–water partition coefficient (Wildman–Crippen LogP) is 3.01. The Hall–Kier alpha value is -2.03. The van der Waals surface area contributed by atoms with E-state index in [9.17, 15) is 13.2 Å². The van der Waals surface area contributed by atoms with Crippen LogP contribution >= 0.6 is 0 Å². The van der Waals surface area contributed by atoms with E-state index in [0.29, 0.717) is 13.2 Å². The van der Waals surface area contributed by atoms with Gasteiger partial charge in [-0.3, -0.25) is 0 Å².